The van der Waals surface area contributed by atoms with Crippen molar-refractivity contribution in [3.63, 3.8) is 0 Å². The third-order valence-corrected chi connectivity index (χ3v) is 6.95. The zero-order chi connectivity index (χ0) is 23.8. The van der Waals surface area contributed by atoms with Crippen LogP contribution in [0.2, 0.25) is 5.02 Å². The minimum absolute atomic E-state index is 0.0178. The van der Waals surface area contributed by atoms with Crippen molar-refractivity contribution in [2.75, 3.05) is 18.1 Å². The lowest BCUT2D eigenvalue weighted by Crippen LogP contribution is -2.36. The van der Waals surface area contributed by atoms with E-state index in [4.69, 9.17) is 16.3 Å². The Labute approximate surface area is 201 Å². The Morgan fingerprint density at radius 2 is 2.12 bits per heavy atom. The molecule has 1 atom stereocenters. The van der Waals surface area contributed by atoms with E-state index in [1.165, 1.54) is 4.68 Å². The number of imidazole rings is 1. The van der Waals surface area contributed by atoms with Crippen LogP contribution in [0, 0.1) is 6.92 Å². The van der Waals surface area contributed by atoms with Crippen molar-refractivity contribution in [3.8, 4) is 0 Å². The van der Waals surface area contributed by atoms with Crippen LogP contribution in [-0.2, 0) is 24.2 Å². The molecule has 0 aliphatic carbocycles. The highest BCUT2D eigenvalue weighted by molar-refractivity contribution is 6.33. The molecule has 10 heteroatoms. The molecular weight excluding hydrogens is 458 g/mol. The summed E-state index contributed by atoms with van der Waals surface area (Å²) < 4.78 is 8.79. The molecule has 1 fully saturated rings. The summed E-state index contributed by atoms with van der Waals surface area (Å²) in [5, 5.41) is 14.2. The molecule has 34 heavy (non-hydrogen) atoms. The maximum atomic E-state index is 12.9. The van der Waals surface area contributed by atoms with Crippen LogP contribution in [0.25, 0.3) is 0 Å². The minimum Gasteiger partial charge on any atom is -0.475 e. The van der Waals surface area contributed by atoms with Gasteiger partial charge >= 0.3 is 5.97 Å². The van der Waals surface area contributed by atoms with Gasteiger partial charge in [-0.05, 0) is 37.3 Å². The Morgan fingerprint density at radius 1 is 1.29 bits per heavy atom. The van der Waals surface area contributed by atoms with E-state index in [0.29, 0.717) is 44.0 Å². The van der Waals surface area contributed by atoms with Gasteiger partial charge in [0.1, 0.15) is 5.02 Å². The molecule has 1 saturated heterocycles. The van der Waals surface area contributed by atoms with Gasteiger partial charge in [-0.2, -0.15) is 9.78 Å². The fraction of sp³-hybridized carbons (Fsp3) is 0.417. The molecule has 0 amide bonds. The Morgan fingerprint density at radius 3 is 2.85 bits per heavy atom. The first-order chi connectivity index (χ1) is 16.4. The molecule has 178 valence electrons. The van der Waals surface area contributed by atoms with Crippen LogP contribution in [-0.4, -0.2) is 43.6 Å². The van der Waals surface area contributed by atoms with Gasteiger partial charge in [-0.25, -0.2) is 9.78 Å². The normalized spacial score (nSPS) is 18.1. The van der Waals surface area contributed by atoms with Crippen molar-refractivity contribution in [1.29, 1.82) is 0 Å². The second-order valence-electron chi connectivity index (χ2n) is 8.73. The number of fused-ring (bicyclic) bond motifs is 1. The zero-order valence-electron chi connectivity index (χ0n) is 18.9. The van der Waals surface area contributed by atoms with Gasteiger partial charge in [0.05, 0.1) is 24.1 Å². The fourth-order valence-corrected chi connectivity index (χ4v) is 4.97. The van der Waals surface area contributed by atoms with Gasteiger partial charge in [-0.3, -0.25) is 4.79 Å². The third-order valence-electron chi connectivity index (χ3n) is 6.59. The lowest BCUT2D eigenvalue weighted by atomic mass is 10.1. The molecule has 0 spiro atoms. The van der Waals surface area contributed by atoms with E-state index in [1.54, 1.807) is 10.8 Å². The Balaban J connectivity index is 1.44. The van der Waals surface area contributed by atoms with Crippen LogP contribution in [0.1, 0.15) is 58.6 Å². The molecule has 2 aromatic heterocycles. The number of carbonyl (C=O) groups is 1. The molecule has 0 radical (unpaired) electrons. The number of ether oxygens (including phenoxy) is 1. The first kappa shape index (κ1) is 22.6. The van der Waals surface area contributed by atoms with Crippen LogP contribution in [0.5, 0.6) is 0 Å². The summed E-state index contributed by atoms with van der Waals surface area (Å²) >= 11 is 6.50. The first-order valence-electron chi connectivity index (χ1n) is 11.4. The van der Waals surface area contributed by atoms with E-state index in [2.05, 4.69) is 10.1 Å². The van der Waals surface area contributed by atoms with Crippen LogP contribution >= 0.6 is 11.6 Å². The molecule has 1 unspecified atom stereocenters. The molecule has 1 aromatic carbocycles. The summed E-state index contributed by atoms with van der Waals surface area (Å²) in [5.74, 6) is -1.05. The molecule has 2 aliphatic rings. The number of hydrogen-bond acceptors (Lipinski definition) is 6. The molecule has 9 nitrogen and oxygen atoms in total. The number of benzene rings is 1. The number of aromatic nitrogens is 4. The fourth-order valence-electron chi connectivity index (χ4n) is 4.72. The van der Waals surface area contributed by atoms with E-state index in [0.717, 1.165) is 36.1 Å². The summed E-state index contributed by atoms with van der Waals surface area (Å²) in [6.45, 7) is 3.97. The van der Waals surface area contributed by atoms with E-state index in [1.807, 2.05) is 36.1 Å². The van der Waals surface area contributed by atoms with E-state index < -0.39 is 12.2 Å². The highest BCUT2D eigenvalue weighted by Gasteiger charge is 2.29. The van der Waals surface area contributed by atoms with Gasteiger partial charge in [0.25, 0.3) is 5.56 Å². The number of halogens is 1. The zero-order valence-corrected chi connectivity index (χ0v) is 19.7. The average molecular weight is 484 g/mol. The van der Waals surface area contributed by atoms with Crippen molar-refractivity contribution < 1.29 is 14.6 Å². The second-order valence-corrected chi connectivity index (χ2v) is 9.11. The molecule has 4 heterocycles. The number of nitrogens with zero attached hydrogens (tertiary/aromatic N) is 5. The Bertz CT molecular complexity index is 1300. The number of hydrogen-bond donors (Lipinski definition) is 1. The maximum absolute atomic E-state index is 12.9. The largest absolute Gasteiger partial charge is 0.475 e. The number of anilines is 1. The smallest absolute Gasteiger partial charge is 0.372 e. The number of rotatable bonds is 5. The lowest BCUT2D eigenvalue weighted by Gasteiger charge is -2.30. The molecule has 2 aliphatic heterocycles. The van der Waals surface area contributed by atoms with Gasteiger partial charge in [0, 0.05) is 31.8 Å². The molecular formula is C24H26ClN5O4. The Hall–Kier alpha value is -3.17. The molecule has 0 saturated carbocycles. The van der Waals surface area contributed by atoms with E-state index >= 15 is 0 Å². The van der Waals surface area contributed by atoms with Gasteiger partial charge in [0.2, 0.25) is 5.82 Å². The topological polar surface area (TPSA) is 102 Å². The highest BCUT2D eigenvalue weighted by atomic mass is 35.5. The average Bonchev–Trinajstić information content (AvgIpc) is 3.21. The quantitative estimate of drug-likeness (QED) is 0.593. The molecule has 5 rings (SSSR count). The van der Waals surface area contributed by atoms with Crippen molar-refractivity contribution in [1.82, 2.24) is 19.3 Å². The number of aromatic carboxylic acids is 1. The van der Waals surface area contributed by atoms with Gasteiger partial charge in [-0.1, -0.05) is 35.9 Å². The van der Waals surface area contributed by atoms with Crippen LogP contribution in [0.15, 0.2) is 35.3 Å². The Kier molecular flexibility index (Phi) is 6.14. The predicted molar refractivity (Wildman–Crippen MR) is 127 cm³/mol. The SMILES string of the molecule is Cc1ccccc1Cn1c(C(=O)O)nc2c1CCN(c1cnn(C3CCCCO3)c(=O)c1Cl)C2. The van der Waals surface area contributed by atoms with Crippen molar-refractivity contribution in [2.45, 2.75) is 51.9 Å². The van der Waals surface area contributed by atoms with Gasteiger partial charge in [-0.15, -0.1) is 0 Å². The van der Waals surface area contributed by atoms with E-state index in [9.17, 15) is 14.7 Å². The van der Waals surface area contributed by atoms with Crippen LogP contribution < -0.4 is 10.5 Å². The van der Waals surface area contributed by atoms with Gasteiger partial charge < -0.3 is 19.3 Å². The predicted octanol–water partition coefficient (Wildman–Crippen LogP) is 3.41. The number of carboxylic acid groups (broad SMARTS) is 1. The molecule has 3 aromatic rings. The summed E-state index contributed by atoms with van der Waals surface area (Å²) in [6, 6.07) is 7.92. The van der Waals surface area contributed by atoms with E-state index in [-0.39, 0.29) is 16.4 Å². The second kappa shape index (κ2) is 9.23. The summed E-state index contributed by atoms with van der Waals surface area (Å²) in [6.07, 6.45) is 4.45. The third kappa shape index (κ3) is 4.10. The summed E-state index contributed by atoms with van der Waals surface area (Å²) in [4.78, 5) is 31.3. The van der Waals surface area contributed by atoms with Gasteiger partial charge in [0.15, 0.2) is 6.23 Å². The maximum Gasteiger partial charge on any atom is 0.372 e. The van der Waals surface area contributed by atoms with Crippen molar-refractivity contribution in [2.24, 2.45) is 0 Å². The standard InChI is InChI=1S/C24H26ClN5O4/c1-15-6-2-3-7-16(15)13-29-18-9-10-28(14-17(18)27-22(29)24(32)33)19-12-26-30(23(31)21(19)25)20-8-4-5-11-34-20/h2-3,6-7,12,20H,4-5,8-11,13-14H2,1H3,(H,32,33). The highest BCUT2D eigenvalue weighted by Crippen LogP contribution is 2.30. The van der Waals surface area contributed by atoms with Crippen LogP contribution in [0.4, 0.5) is 5.69 Å². The molecule has 1 N–H and O–H groups in total. The first-order valence-corrected chi connectivity index (χ1v) is 11.8. The lowest BCUT2D eigenvalue weighted by molar-refractivity contribution is -0.0424. The van der Waals surface area contributed by atoms with Crippen molar-refractivity contribution >= 4 is 23.3 Å². The number of carboxylic acids is 1. The summed E-state index contributed by atoms with van der Waals surface area (Å²) in [7, 11) is 0. The van der Waals surface area contributed by atoms with Crippen LogP contribution in [0.3, 0.4) is 0 Å². The monoisotopic (exact) mass is 483 g/mol. The number of aryl methyl sites for hydroxylation is 1. The minimum atomic E-state index is -1.07. The summed E-state index contributed by atoms with van der Waals surface area (Å²) in [5.41, 5.74) is 3.86. The molecule has 0 bridgehead atoms. The van der Waals surface area contributed by atoms with Crippen molar-refractivity contribution in [3.05, 3.63) is 74.2 Å².